The second-order valence-corrected chi connectivity index (χ2v) is 4.59. The summed E-state index contributed by atoms with van der Waals surface area (Å²) in [6.07, 6.45) is 6.16. The molecular formula is C11H16N2S. The summed E-state index contributed by atoms with van der Waals surface area (Å²) in [6, 6.07) is 4.18. The molecule has 0 bridgehead atoms. The van der Waals surface area contributed by atoms with Crippen LogP contribution in [-0.2, 0) is 6.54 Å². The molecule has 1 saturated heterocycles. The molecule has 1 aliphatic heterocycles. The molecule has 1 fully saturated rings. The lowest BCUT2D eigenvalue weighted by Crippen LogP contribution is -2.33. The molecule has 0 radical (unpaired) electrons. The van der Waals surface area contributed by atoms with Crippen molar-refractivity contribution in [3.05, 3.63) is 30.1 Å². The number of piperidine rings is 1. The SMILES string of the molecule is SC1CCN(Cc2ccncc2)CC1. The maximum absolute atomic E-state index is 4.49. The summed E-state index contributed by atoms with van der Waals surface area (Å²) in [7, 11) is 0. The van der Waals surface area contributed by atoms with Crippen LogP contribution in [0, 0.1) is 0 Å². The van der Waals surface area contributed by atoms with Crippen molar-refractivity contribution in [1.82, 2.24) is 9.88 Å². The van der Waals surface area contributed by atoms with Crippen molar-refractivity contribution in [3.63, 3.8) is 0 Å². The molecule has 0 atom stereocenters. The van der Waals surface area contributed by atoms with Crippen molar-refractivity contribution >= 4 is 12.6 Å². The van der Waals surface area contributed by atoms with Gasteiger partial charge in [0.15, 0.2) is 0 Å². The highest BCUT2D eigenvalue weighted by Gasteiger charge is 2.15. The first kappa shape index (κ1) is 9.99. The molecule has 0 amide bonds. The predicted octanol–water partition coefficient (Wildman–Crippen LogP) is 1.98. The lowest BCUT2D eigenvalue weighted by molar-refractivity contribution is 0.225. The average Bonchev–Trinajstić information content (AvgIpc) is 2.23. The number of likely N-dealkylation sites (tertiary alicyclic amines) is 1. The van der Waals surface area contributed by atoms with Crippen LogP contribution in [0.2, 0.25) is 0 Å². The third-order valence-corrected chi connectivity index (χ3v) is 3.23. The molecular weight excluding hydrogens is 192 g/mol. The van der Waals surface area contributed by atoms with Crippen LogP contribution in [0.15, 0.2) is 24.5 Å². The highest BCUT2D eigenvalue weighted by molar-refractivity contribution is 7.80. The van der Waals surface area contributed by atoms with E-state index in [2.05, 4.69) is 34.6 Å². The number of nitrogens with zero attached hydrogens (tertiary/aromatic N) is 2. The Labute approximate surface area is 90.7 Å². The van der Waals surface area contributed by atoms with E-state index in [0.717, 1.165) is 6.54 Å². The summed E-state index contributed by atoms with van der Waals surface area (Å²) in [5.74, 6) is 0. The molecule has 0 unspecified atom stereocenters. The van der Waals surface area contributed by atoms with Gasteiger partial charge < -0.3 is 0 Å². The Morgan fingerprint density at radius 2 is 1.93 bits per heavy atom. The second-order valence-electron chi connectivity index (χ2n) is 3.86. The molecule has 0 spiro atoms. The minimum absolute atomic E-state index is 0.615. The van der Waals surface area contributed by atoms with Crippen LogP contribution in [0.25, 0.3) is 0 Å². The van der Waals surface area contributed by atoms with Gasteiger partial charge in [0.2, 0.25) is 0 Å². The van der Waals surface area contributed by atoms with E-state index in [1.807, 2.05) is 12.4 Å². The van der Waals surface area contributed by atoms with Gasteiger partial charge in [0.05, 0.1) is 0 Å². The van der Waals surface area contributed by atoms with Gasteiger partial charge in [0.25, 0.3) is 0 Å². The molecule has 0 saturated carbocycles. The Hall–Kier alpha value is -0.540. The summed E-state index contributed by atoms with van der Waals surface area (Å²) >= 11 is 4.49. The fourth-order valence-corrected chi connectivity index (χ4v) is 2.05. The maximum Gasteiger partial charge on any atom is 0.0271 e. The van der Waals surface area contributed by atoms with Gasteiger partial charge in [-0.25, -0.2) is 0 Å². The summed E-state index contributed by atoms with van der Waals surface area (Å²) in [5.41, 5.74) is 1.36. The Morgan fingerprint density at radius 1 is 1.29 bits per heavy atom. The molecule has 1 aromatic heterocycles. The van der Waals surface area contributed by atoms with Crippen LogP contribution < -0.4 is 0 Å². The van der Waals surface area contributed by atoms with Gasteiger partial charge in [-0.15, -0.1) is 0 Å². The largest absolute Gasteiger partial charge is 0.299 e. The number of thiol groups is 1. The van der Waals surface area contributed by atoms with Crippen molar-refractivity contribution in [3.8, 4) is 0 Å². The number of rotatable bonds is 2. The van der Waals surface area contributed by atoms with E-state index in [1.165, 1.54) is 31.5 Å². The van der Waals surface area contributed by atoms with E-state index >= 15 is 0 Å². The Kier molecular flexibility index (Phi) is 3.43. The molecule has 0 aliphatic carbocycles. The van der Waals surface area contributed by atoms with Crippen molar-refractivity contribution < 1.29 is 0 Å². The van der Waals surface area contributed by atoms with Crippen LogP contribution in [-0.4, -0.2) is 28.2 Å². The second kappa shape index (κ2) is 4.80. The topological polar surface area (TPSA) is 16.1 Å². The third kappa shape index (κ3) is 2.72. The van der Waals surface area contributed by atoms with Crippen LogP contribution in [0.3, 0.4) is 0 Å². The summed E-state index contributed by atoms with van der Waals surface area (Å²) in [6.45, 7) is 3.41. The molecule has 14 heavy (non-hydrogen) atoms. The first-order valence-electron chi connectivity index (χ1n) is 5.14. The Balaban J connectivity index is 1.87. The van der Waals surface area contributed by atoms with Crippen LogP contribution in [0.4, 0.5) is 0 Å². The molecule has 3 heteroatoms. The summed E-state index contributed by atoms with van der Waals surface area (Å²) < 4.78 is 0. The van der Waals surface area contributed by atoms with Crippen molar-refractivity contribution in [1.29, 1.82) is 0 Å². The minimum Gasteiger partial charge on any atom is -0.299 e. The van der Waals surface area contributed by atoms with E-state index in [1.54, 1.807) is 0 Å². The van der Waals surface area contributed by atoms with Crippen molar-refractivity contribution in [2.75, 3.05) is 13.1 Å². The van der Waals surface area contributed by atoms with Gasteiger partial charge in [-0.1, -0.05) is 0 Å². The molecule has 2 nitrogen and oxygen atoms in total. The van der Waals surface area contributed by atoms with E-state index in [9.17, 15) is 0 Å². The average molecular weight is 208 g/mol. The first-order valence-corrected chi connectivity index (χ1v) is 5.65. The molecule has 76 valence electrons. The van der Waals surface area contributed by atoms with Gasteiger partial charge in [-0.3, -0.25) is 9.88 Å². The van der Waals surface area contributed by atoms with Crippen molar-refractivity contribution in [2.45, 2.75) is 24.6 Å². The van der Waals surface area contributed by atoms with Crippen LogP contribution >= 0.6 is 12.6 Å². The predicted molar refractivity (Wildman–Crippen MR) is 61.5 cm³/mol. The maximum atomic E-state index is 4.49. The summed E-state index contributed by atoms with van der Waals surface area (Å²) in [5, 5.41) is 0.615. The minimum atomic E-state index is 0.615. The van der Waals surface area contributed by atoms with Crippen molar-refractivity contribution in [2.24, 2.45) is 0 Å². The van der Waals surface area contributed by atoms with Crippen LogP contribution in [0.5, 0.6) is 0 Å². The highest BCUT2D eigenvalue weighted by Crippen LogP contribution is 2.16. The first-order chi connectivity index (χ1) is 6.84. The smallest absolute Gasteiger partial charge is 0.0271 e. The van der Waals surface area contributed by atoms with Crippen LogP contribution in [0.1, 0.15) is 18.4 Å². The molecule has 2 rings (SSSR count). The monoisotopic (exact) mass is 208 g/mol. The fourth-order valence-electron chi connectivity index (χ4n) is 1.82. The van der Waals surface area contributed by atoms with Gasteiger partial charge in [-0.2, -0.15) is 12.6 Å². The molecule has 0 aromatic carbocycles. The molecule has 2 heterocycles. The molecule has 1 aliphatic rings. The molecule has 1 aromatic rings. The lowest BCUT2D eigenvalue weighted by atomic mass is 10.1. The zero-order valence-electron chi connectivity index (χ0n) is 8.26. The zero-order valence-corrected chi connectivity index (χ0v) is 9.16. The van der Waals surface area contributed by atoms with Gasteiger partial charge in [0.1, 0.15) is 0 Å². The lowest BCUT2D eigenvalue weighted by Gasteiger charge is -2.29. The number of pyridine rings is 1. The number of aromatic nitrogens is 1. The van der Waals surface area contributed by atoms with Gasteiger partial charge >= 0.3 is 0 Å². The molecule has 0 N–H and O–H groups in total. The Morgan fingerprint density at radius 3 is 2.57 bits per heavy atom. The van der Waals surface area contributed by atoms with E-state index in [4.69, 9.17) is 0 Å². The van der Waals surface area contributed by atoms with Gasteiger partial charge in [0, 0.05) is 24.2 Å². The third-order valence-electron chi connectivity index (χ3n) is 2.71. The standard InChI is InChI=1S/C11H16N2S/c14-11-3-7-13(8-4-11)9-10-1-5-12-6-2-10/h1-2,5-6,11,14H,3-4,7-9H2. The Bertz CT molecular complexity index is 268. The van der Waals surface area contributed by atoms with E-state index in [0.29, 0.717) is 5.25 Å². The van der Waals surface area contributed by atoms with Gasteiger partial charge in [-0.05, 0) is 43.6 Å². The van der Waals surface area contributed by atoms with E-state index < -0.39 is 0 Å². The normalized spacial score (nSPS) is 19.8. The fraction of sp³-hybridized carbons (Fsp3) is 0.545. The number of hydrogen-bond acceptors (Lipinski definition) is 3. The highest BCUT2D eigenvalue weighted by atomic mass is 32.1. The summed E-state index contributed by atoms with van der Waals surface area (Å²) in [4.78, 5) is 6.51. The quantitative estimate of drug-likeness (QED) is 0.748. The van der Waals surface area contributed by atoms with E-state index in [-0.39, 0.29) is 0 Å². The number of hydrogen-bond donors (Lipinski definition) is 1. The zero-order chi connectivity index (χ0) is 9.80.